The lowest BCUT2D eigenvalue weighted by Crippen LogP contribution is -2.25. The number of nitrogens with one attached hydrogen (secondary N) is 1. The van der Waals surface area contributed by atoms with Crippen LogP contribution in [0.15, 0.2) is 43.1 Å². The zero-order valence-corrected chi connectivity index (χ0v) is 21.9. The third-order valence-corrected chi connectivity index (χ3v) is 6.71. The number of methoxy groups -OCH3 is 1. The van der Waals surface area contributed by atoms with Gasteiger partial charge < -0.3 is 14.2 Å². The van der Waals surface area contributed by atoms with E-state index in [-0.39, 0.29) is 17.4 Å². The highest BCUT2D eigenvalue weighted by Gasteiger charge is 2.21. The smallest absolute Gasteiger partial charge is 0.412 e. The molecule has 1 amide bonds. The molecule has 1 unspecified atom stereocenters. The average Bonchev–Trinajstić information content (AvgIpc) is 3.33. The summed E-state index contributed by atoms with van der Waals surface area (Å²) in [6, 6.07) is 5.37. The predicted octanol–water partition coefficient (Wildman–Crippen LogP) is 5.82. The number of amides is 1. The van der Waals surface area contributed by atoms with Gasteiger partial charge in [0.25, 0.3) is 0 Å². The summed E-state index contributed by atoms with van der Waals surface area (Å²) in [5.41, 5.74) is 3.66. The van der Waals surface area contributed by atoms with Crippen LogP contribution in [0.3, 0.4) is 0 Å². The molecule has 194 valence electrons. The Morgan fingerprint density at radius 2 is 1.95 bits per heavy atom. The molecule has 0 bridgehead atoms. The van der Waals surface area contributed by atoms with Crippen LogP contribution in [0.25, 0.3) is 31.8 Å². The molecule has 3 aromatic heterocycles. The minimum Gasteiger partial charge on any atom is -0.487 e. The molecule has 0 spiro atoms. The second kappa shape index (κ2) is 10.7. The lowest BCUT2D eigenvalue weighted by atomic mass is 10.1. The number of ether oxygens (including phenoxy) is 3. The van der Waals surface area contributed by atoms with E-state index in [1.807, 2.05) is 19.1 Å². The molecule has 0 radical (unpaired) electrons. The molecule has 1 atom stereocenters. The highest BCUT2D eigenvalue weighted by atomic mass is 35.5. The Morgan fingerprint density at radius 1 is 1.16 bits per heavy atom. The second-order valence-corrected chi connectivity index (χ2v) is 9.65. The van der Waals surface area contributed by atoms with Crippen LogP contribution in [-0.2, 0) is 4.74 Å². The Hall–Kier alpha value is -4.16. The summed E-state index contributed by atoms with van der Waals surface area (Å²) >= 11 is 7.67. The first kappa shape index (κ1) is 25.5. The summed E-state index contributed by atoms with van der Waals surface area (Å²) < 4.78 is 31.8. The summed E-state index contributed by atoms with van der Waals surface area (Å²) in [5.74, 6) is -0.439. The third-order valence-electron chi connectivity index (χ3n) is 5.33. The summed E-state index contributed by atoms with van der Waals surface area (Å²) in [6.45, 7) is 3.44. The molecule has 0 aliphatic rings. The van der Waals surface area contributed by atoms with Crippen LogP contribution < -0.4 is 14.8 Å². The maximum atomic E-state index is 15.1. The lowest BCUT2D eigenvalue weighted by Gasteiger charge is -2.15. The molecule has 3 heterocycles. The van der Waals surface area contributed by atoms with Crippen molar-refractivity contribution in [2.24, 2.45) is 0 Å². The maximum Gasteiger partial charge on any atom is 0.412 e. The quantitative estimate of drug-likeness (QED) is 0.265. The number of anilines is 1. The van der Waals surface area contributed by atoms with Crippen LogP contribution in [0.5, 0.6) is 11.6 Å². The number of aromatic nitrogens is 5. The fraction of sp³-hybridized carbons (Fsp3) is 0.200. The highest BCUT2D eigenvalue weighted by molar-refractivity contribution is 7.21. The number of halogens is 2. The number of thiazole rings is 1. The largest absolute Gasteiger partial charge is 0.487 e. The molecule has 10 nitrogen and oxygen atoms in total. The van der Waals surface area contributed by atoms with Crippen molar-refractivity contribution < 1.29 is 23.4 Å². The normalized spacial score (nSPS) is 11.9. The van der Waals surface area contributed by atoms with Gasteiger partial charge in [-0.25, -0.2) is 34.1 Å². The van der Waals surface area contributed by atoms with Crippen molar-refractivity contribution in [1.82, 2.24) is 24.9 Å². The summed E-state index contributed by atoms with van der Waals surface area (Å²) in [7, 11) is 1.53. The summed E-state index contributed by atoms with van der Waals surface area (Å²) in [5, 5.41) is 2.93. The molecule has 5 rings (SSSR count). The van der Waals surface area contributed by atoms with E-state index in [1.54, 1.807) is 6.92 Å². The zero-order valence-electron chi connectivity index (χ0n) is 20.4. The molecule has 0 saturated carbocycles. The van der Waals surface area contributed by atoms with Gasteiger partial charge in [0.1, 0.15) is 34.6 Å². The van der Waals surface area contributed by atoms with Gasteiger partial charge in [-0.3, -0.25) is 5.32 Å². The second-order valence-electron chi connectivity index (χ2n) is 8.24. The molecule has 5 aromatic rings. The van der Waals surface area contributed by atoms with E-state index in [9.17, 15) is 4.79 Å². The van der Waals surface area contributed by atoms with E-state index in [0.717, 1.165) is 11.1 Å². The molecule has 0 aliphatic carbocycles. The van der Waals surface area contributed by atoms with Gasteiger partial charge in [0.15, 0.2) is 11.6 Å². The number of rotatable bonds is 7. The summed E-state index contributed by atoms with van der Waals surface area (Å²) in [4.78, 5) is 33.2. The van der Waals surface area contributed by atoms with Gasteiger partial charge in [0.2, 0.25) is 5.88 Å². The number of hydrogen-bond donors (Lipinski definition) is 1. The van der Waals surface area contributed by atoms with Crippen LogP contribution in [-0.4, -0.2) is 50.8 Å². The Morgan fingerprint density at radius 3 is 2.71 bits per heavy atom. The van der Waals surface area contributed by atoms with E-state index in [2.05, 4.69) is 30.2 Å². The maximum absolute atomic E-state index is 15.1. The minimum atomic E-state index is -0.757. The number of carbonyl (C=O) groups excluding carboxylic acids is 1. The van der Waals surface area contributed by atoms with Crippen LogP contribution in [0.2, 0.25) is 5.02 Å². The molecule has 13 heteroatoms. The van der Waals surface area contributed by atoms with Gasteiger partial charge in [-0.2, -0.15) is 0 Å². The lowest BCUT2D eigenvalue weighted by molar-refractivity contribution is 0.0844. The van der Waals surface area contributed by atoms with E-state index in [4.69, 9.17) is 25.8 Å². The first-order chi connectivity index (χ1) is 18.3. The number of fused-ring (bicyclic) bond motifs is 2. The van der Waals surface area contributed by atoms with Crippen molar-refractivity contribution >= 4 is 56.0 Å². The molecular weight excluding hydrogens is 535 g/mol. The highest BCUT2D eigenvalue weighted by Crippen LogP contribution is 2.40. The zero-order chi connectivity index (χ0) is 26.8. The molecule has 1 N–H and O–H groups in total. The fourth-order valence-electron chi connectivity index (χ4n) is 3.65. The third kappa shape index (κ3) is 5.27. The van der Waals surface area contributed by atoms with Crippen LogP contribution in [0.1, 0.15) is 12.5 Å². The number of benzene rings is 2. The van der Waals surface area contributed by atoms with E-state index >= 15 is 4.39 Å². The Bertz CT molecular complexity index is 1650. The standard InChI is InChI=1S/C25H20ClFN6O4S/c1-12-4-15(22-16(5-12)32-19(35-3)9-30-22)24-33-23-18(38-24)6-17(21(27)20(23)26)36-10-13(2)37-25(34)31-14-7-28-11-29-8-14/h4-9,11,13H,10H2,1-3H3,(H,31,34). The Balaban J connectivity index is 1.37. The monoisotopic (exact) mass is 554 g/mol. The molecule has 0 fully saturated rings. The van der Waals surface area contributed by atoms with Gasteiger partial charge in [0.05, 0.1) is 47.1 Å². The van der Waals surface area contributed by atoms with Crippen LogP contribution in [0, 0.1) is 12.7 Å². The van der Waals surface area contributed by atoms with Crippen molar-refractivity contribution in [1.29, 1.82) is 0 Å². The first-order valence-electron chi connectivity index (χ1n) is 11.3. The van der Waals surface area contributed by atoms with Crippen molar-refractivity contribution in [2.75, 3.05) is 19.0 Å². The molecule has 2 aromatic carbocycles. The van der Waals surface area contributed by atoms with Gasteiger partial charge in [-0.15, -0.1) is 11.3 Å². The summed E-state index contributed by atoms with van der Waals surface area (Å²) in [6.07, 6.45) is 4.31. The van der Waals surface area contributed by atoms with Crippen molar-refractivity contribution in [3.63, 3.8) is 0 Å². The van der Waals surface area contributed by atoms with Crippen molar-refractivity contribution in [3.05, 3.63) is 59.5 Å². The van der Waals surface area contributed by atoms with Crippen molar-refractivity contribution in [3.8, 4) is 22.2 Å². The fourth-order valence-corrected chi connectivity index (χ4v) is 4.96. The molecular formula is C25H20ClFN6O4S. The van der Waals surface area contributed by atoms with Gasteiger partial charge in [-0.1, -0.05) is 11.6 Å². The van der Waals surface area contributed by atoms with E-state index in [0.29, 0.717) is 37.8 Å². The number of hydrogen-bond acceptors (Lipinski definition) is 10. The van der Waals surface area contributed by atoms with Crippen LogP contribution in [0.4, 0.5) is 14.9 Å². The Kier molecular flexibility index (Phi) is 7.16. The number of nitrogens with zero attached hydrogens (tertiary/aromatic N) is 5. The van der Waals surface area contributed by atoms with E-state index < -0.39 is 18.0 Å². The van der Waals surface area contributed by atoms with E-state index in [1.165, 1.54) is 49.4 Å². The number of carbonyl (C=O) groups is 1. The molecule has 38 heavy (non-hydrogen) atoms. The number of aryl methyl sites for hydroxylation is 1. The van der Waals surface area contributed by atoms with Gasteiger partial charge in [0, 0.05) is 11.6 Å². The molecule has 0 aliphatic heterocycles. The average molecular weight is 555 g/mol. The minimum absolute atomic E-state index is 0.0800. The Labute approximate surface area is 224 Å². The predicted molar refractivity (Wildman–Crippen MR) is 142 cm³/mol. The topological polar surface area (TPSA) is 121 Å². The van der Waals surface area contributed by atoms with Crippen LogP contribution >= 0.6 is 22.9 Å². The SMILES string of the molecule is COc1cnc2c(-c3nc4c(Cl)c(F)c(OCC(C)OC(=O)Nc5cncnc5)cc4s3)cc(C)cc2n1. The molecule has 0 saturated heterocycles. The van der Waals surface area contributed by atoms with Crippen molar-refractivity contribution in [2.45, 2.75) is 20.0 Å². The van der Waals surface area contributed by atoms with Gasteiger partial charge in [-0.05, 0) is 31.5 Å². The first-order valence-corrected chi connectivity index (χ1v) is 12.5. The van der Waals surface area contributed by atoms with Gasteiger partial charge >= 0.3 is 6.09 Å².